The summed E-state index contributed by atoms with van der Waals surface area (Å²) in [7, 11) is 0. The number of fused-ring (bicyclic) bond motifs is 1. The monoisotopic (exact) mass is 497 g/mol. The molecule has 0 aliphatic heterocycles. The summed E-state index contributed by atoms with van der Waals surface area (Å²) in [6, 6.07) is 8.22. The number of carbonyl (C=O) groups is 2. The highest BCUT2D eigenvalue weighted by atomic mass is 19.4. The van der Waals surface area contributed by atoms with Crippen LogP contribution in [0, 0.1) is 24.1 Å². The third-order valence-corrected chi connectivity index (χ3v) is 5.43. The number of nitrogens with zero attached hydrogens (tertiary/aromatic N) is 5. The average Bonchev–Trinajstić information content (AvgIpc) is 3.14. The highest BCUT2D eigenvalue weighted by Crippen LogP contribution is 2.42. The molecule has 13 heteroatoms. The summed E-state index contributed by atoms with van der Waals surface area (Å²) in [5.74, 6) is -3.53. The number of carbonyl (C=O) groups excluding carboxylic acids is 2. The third-order valence-electron chi connectivity index (χ3n) is 5.43. The van der Waals surface area contributed by atoms with E-state index in [-0.39, 0.29) is 29.0 Å². The van der Waals surface area contributed by atoms with Gasteiger partial charge in [-0.1, -0.05) is 6.07 Å². The van der Waals surface area contributed by atoms with E-state index in [1.807, 2.05) is 6.07 Å². The van der Waals surface area contributed by atoms with Crippen molar-refractivity contribution in [2.24, 2.45) is 11.5 Å². The maximum Gasteiger partial charge on any atom is 0.435 e. The number of pyridine rings is 2. The zero-order chi connectivity index (χ0) is 26.4. The molecule has 0 saturated carbocycles. The van der Waals surface area contributed by atoms with Gasteiger partial charge in [0.15, 0.2) is 5.69 Å². The van der Waals surface area contributed by atoms with Gasteiger partial charge in [-0.2, -0.15) is 23.5 Å². The number of nitrogens with two attached hydrogens (primary N) is 2. The topological polar surface area (TPSA) is 154 Å². The van der Waals surface area contributed by atoms with E-state index in [0.717, 1.165) is 10.7 Å². The average molecular weight is 497 g/mol. The van der Waals surface area contributed by atoms with Crippen LogP contribution in [0.5, 0.6) is 0 Å². The number of benzene rings is 1. The van der Waals surface area contributed by atoms with Gasteiger partial charge in [0.2, 0.25) is 5.91 Å². The molecule has 0 spiro atoms. The molecule has 0 bridgehead atoms. The second kappa shape index (κ2) is 8.73. The Bertz CT molecular complexity index is 1590. The Kier molecular flexibility index (Phi) is 5.89. The number of nitriles is 1. The molecule has 0 fully saturated rings. The van der Waals surface area contributed by atoms with Crippen molar-refractivity contribution in [2.75, 3.05) is 0 Å². The first-order valence-corrected chi connectivity index (χ1v) is 10.2. The minimum absolute atomic E-state index is 0.143. The fourth-order valence-corrected chi connectivity index (χ4v) is 3.88. The van der Waals surface area contributed by atoms with Crippen molar-refractivity contribution in [1.82, 2.24) is 19.7 Å². The van der Waals surface area contributed by atoms with Gasteiger partial charge in [-0.05, 0) is 31.2 Å². The van der Waals surface area contributed by atoms with Gasteiger partial charge in [-0.3, -0.25) is 19.3 Å². The van der Waals surface area contributed by atoms with E-state index < -0.39 is 57.3 Å². The number of hydrogen-bond acceptors (Lipinski definition) is 6. The molecule has 9 nitrogen and oxygen atoms in total. The molecule has 4 N–H and O–H groups in total. The van der Waals surface area contributed by atoms with Crippen LogP contribution in [0.3, 0.4) is 0 Å². The Morgan fingerprint density at radius 3 is 2.39 bits per heavy atom. The molecule has 0 radical (unpaired) electrons. The summed E-state index contributed by atoms with van der Waals surface area (Å²) in [5.41, 5.74) is 6.88. The molecule has 182 valence electrons. The number of halogens is 4. The van der Waals surface area contributed by atoms with E-state index in [9.17, 15) is 27.2 Å². The Morgan fingerprint density at radius 1 is 1.11 bits per heavy atom. The molecule has 2 amide bonds. The highest BCUT2D eigenvalue weighted by Gasteiger charge is 2.41. The standard InChI is InChI=1S/C23H15F4N7O2/c1-10-15(20(23(25,26)27)33-34(10)9-12-6-5-11(7-28)8-31-12)17-18(21(29)35)16-13(24)3-2-4-14(16)32-19(17)22(30)36/h2-6,8H,9H2,1H3,(H2,29,35)(H2,30,36). The first-order chi connectivity index (χ1) is 16.9. The molecule has 3 heterocycles. The van der Waals surface area contributed by atoms with Gasteiger partial charge in [0.05, 0.1) is 28.9 Å². The largest absolute Gasteiger partial charge is 0.435 e. The fourth-order valence-electron chi connectivity index (χ4n) is 3.88. The lowest BCUT2D eigenvalue weighted by Crippen LogP contribution is -2.22. The summed E-state index contributed by atoms with van der Waals surface area (Å²) in [5, 5.41) is 12.1. The normalized spacial score (nSPS) is 11.4. The van der Waals surface area contributed by atoms with Crippen LogP contribution in [0.1, 0.15) is 43.5 Å². The van der Waals surface area contributed by atoms with Crippen molar-refractivity contribution < 1.29 is 27.2 Å². The number of alkyl halides is 3. The van der Waals surface area contributed by atoms with E-state index >= 15 is 0 Å². The number of aromatic nitrogens is 4. The van der Waals surface area contributed by atoms with Crippen LogP contribution in [-0.4, -0.2) is 31.6 Å². The predicted octanol–water partition coefficient (Wildman–Crippen LogP) is 3.08. The molecule has 4 aromatic rings. The summed E-state index contributed by atoms with van der Waals surface area (Å²) >= 11 is 0. The Morgan fingerprint density at radius 2 is 1.83 bits per heavy atom. The molecule has 36 heavy (non-hydrogen) atoms. The van der Waals surface area contributed by atoms with Crippen molar-refractivity contribution >= 4 is 22.7 Å². The Balaban J connectivity index is 2.09. The SMILES string of the molecule is Cc1c(-c2c(C(N)=O)nc3cccc(F)c3c2C(N)=O)c(C(F)(F)F)nn1Cc1ccc(C#N)cn1. The van der Waals surface area contributed by atoms with Gasteiger partial charge in [0.25, 0.3) is 5.91 Å². The van der Waals surface area contributed by atoms with Crippen molar-refractivity contribution in [3.8, 4) is 17.2 Å². The van der Waals surface area contributed by atoms with Crippen LogP contribution < -0.4 is 11.5 Å². The van der Waals surface area contributed by atoms with E-state index in [1.165, 1.54) is 37.4 Å². The van der Waals surface area contributed by atoms with E-state index in [2.05, 4.69) is 15.1 Å². The second-order valence-corrected chi connectivity index (χ2v) is 7.69. The second-order valence-electron chi connectivity index (χ2n) is 7.69. The third kappa shape index (κ3) is 4.09. The van der Waals surface area contributed by atoms with Crippen LogP contribution in [0.4, 0.5) is 17.6 Å². The summed E-state index contributed by atoms with van der Waals surface area (Å²) in [6.45, 7) is 1.01. The highest BCUT2D eigenvalue weighted by molar-refractivity contribution is 6.15. The zero-order valence-electron chi connectivity index (χ0n) is 18.4. The molecule has 0 saturated heterocycles. The molecule has 3 aromatic heterocycles. The number of rotatable bonds is 5. The van der Waals surface area contributed by atoms with Crippen molar-refractivity contribution in [1.29, 1.82) is 5.26 Å². The van der Waals surface area contributed by atoms with Gasteiger partial charge in [0.1, 0.15) is 17.6 Å². The van der Waals surface area contributed by atoms with Crippen LogP contribution in [0.15, 0.2) is 36.5 Å². The quantitative estimate of drug-likeness (QED) is 0.404. The predicted molar refractivity (Wildman–Crippen MR) is 118 cm³/mol. The summed E-state index contributed by atoms with van der Waals surface area (Å²) in [6.07, 6.45) is -3.82. The zero-order valence-corrected chi connectivity index (χ0v) is 18.4. The first kappa shape index (κ1) is 24.3. The Labute approximate surface area is 200 Å². The fraction of sp³-hybridized carbons (Fsp3) is 0.130. The van der Waals surface area contributed by atoms with Crippen molar-refractivity contribution in [3.05, 3.63) is 76.2 Å². The van der Waals surface area contributed by atoms with Gasteiger partial charge < -0.3 is 11.5 Å². The van der Waals surface area contributed by atoms with Gasteiger partial charge >= 0.3 is 6.18 Å². The molecule has 0 atom stereocenters. The lowest BCUT2D eigenvalue weighted by molar-refractivity contribution is -0.141. The van der Waals surface area contributed by atoms with E-state index in [0.29, 0.717) is 0 Å². The maximum absolute atomic E-state index is 14.8. The molecular weight excluding hydrogens is 482 g/mol. The summed E-state index contributed by atoms with van der Waals surface area (Å²) in [4.78, 5) is 32.8. The molecule has 0 aliphatic carbocycles. The molecule has 4 rings (SSSR count). The van der Waals surface area contributed by atoms with E-state index in [4.69, 9.17) is 16.7 Å². The van der Waals surface area contributed by atoms with Gasteiger partial charge in [-0.15, -0.1) is 0 Å². The number of amides is 2. The van der Waals surface area contributed by atoms with Crippen molar-refractivity contribution in [2.45, 2.75) is 19.6 Å². The lowest BCUT2D eigenvalue weighted by Gasteiger charge is -2.16. The van der Waals surface area contributed by atoms with Crippen LogP contribution >= 0.6 is 0 Å². The minimum atomic E-state index is -5.06. The van der Waals surface area contributed by atoms with Crippen molar-refractivity contribution in [3.63, 3.8) is 0 Å². The molecule has 0 aliphatic rings. The lowest BCUT2D eigenvalue weighted by atomic mass is 9.91. The molecular formula is C23H15F4N7O2. The smallest absolute Gasteiger partial charge is 0.366 e. The maximum atomic E-state index is 14.8. The van der Waals surface area contributed by atoms with Crippen LogP contribution in [0.2, 0.25) is 0 Å². The Hall–Kier alpha value is -4.86. The summed E-state index contributed by atoms with van der Waals surface area (Å²) < 4.78 is 58.2. The van der Waals surface area contributed by atoms with E-state index in [1.54, 1.807) is 0 Å². The van der Waals surface area contributed by atoms with Crippen LogP contribution in [-0.2, 0) is 12.7 Å². The van der Waals surface area contributed by atoms with Crippen LogP contribution in [0.25, 0.3) is 22.0 Å². The minimum Gasteiger partial charge on any atom is -0.366 e. The van der Waals surface area contributed by atoms with Gasteiger partial charge in [0, 0.05) is 28.4 Å². The molecule has 0 unspecified atom stereocenters. The van der Waals surface area contributed by atoms with Gasteiger partial charge in [-0.25, -0.2) is 9.37 Å². The molecule has 1 aromatic carbocycles. The first-order valence-electron chi connectivity index (χ1n) is 10.2. The number of primary amides is 2. The number of hydrogen-bond donors (Lipinski definition) is 2.